The van der Waals surface area contributed by atoms with Crippen LogP contribution in [-0.4, -0.2) is 49.2 Å². The molecular formula is C18H27N3O3. The Hall–Kier alpha value is -2.08. The lowest BCUT2D eigenvalue weighted by molar-refractivity contribution is -0.123. The van der Waals surface area contributed by atoms with Gasteiger partial charge in [-0.15, -0.1) is 0 Å². The van der Waals surface area contributed by atoms with Crippen LogP contribution in [0.1, 0.15) is 25.3 Å². The van der Waals surface area contributed by atoms with E-state index in [0.29, 0.717) is 6.61 Å². The van der Waals surface area contributed by atoms with Crippen molar-refractivity contribution >= 4 is 12.0 Å². The molecule has 1 aromatic rings. The van der Waals surface area contributed by atoms with Gasteiger partial charge >= 0.3 is 6.09 Å². The van der Waals surface area contributed by atoms with E-state index in [4.69, 9.17) is 10.5 Å². The molecule has 6 heteroatoms. The highest BCUT2D eigenvalue weighted by atomic mass is 16.5. The second kappa shape index (κ2) is 9.27. The van der Waals surface area contributed by atoms with Crippen molar-refractivity contribution in [2.24, 2.45) is 11.7 Å². The van der Waals surface area contributed by atoms with Gasteiger partial charge in [-0.25, -0.2) is 4.79 Å². The molecule has 2 rings (SSSR count). The molecule has 1 heterocycles. The second-order valence-corrected chi connectivity index (χ2v) is 6.23. The molecule has 1 aliphatic rings. The molecule has 2 amide bonds. The van der Waals surface area contributed by atoms with Crippen LogP contribution in [0, 0.1) is 5.92 Å². The van der Waals surface area contributed by atoms with E-state index in [0.717, 1.165) is 38.9 Å². The van der Waals surface area contributed by atoms with Crippen LogP contribution in [-0.2, 0) is 16.0 Å². The number of carbonyl (C=O) groups excluding carboxylic acids is 2. The van der Waals surface area contributed by atoms with Gasteiger partial charge in [-0.1, -0.05) is 30.3 Å². The van der Waals surface area contributed by atoms with Crippen LogP contribution in [0.4, 0.5) is 4.79 Å². The predicted octanol–water partition coefficient (Wildman–Crippen LogP) is 1.54. The fraction of sp³-hybridized carbons (Fsp3) is 0.556. The molecule has 1 atom stereocenters. The van der Waals surface area contributed by atoms with E-state index in [2.05, 4.69) is 22.3 Å². The van der Waals surface area contributed by atoms with Gasteiger partial charge in [0, 0.05) is 18.5 Å². The van der Waals surface area contributed by atoms with Crippen LogP contribution < -0.4 is 11.1 Å². The summed E-state index contributed by atoms with van der Waals surface area (Å²) in [5, 5.41) is 2.95. The molecule has 1 aromatic carbocycles. The van der Waals surface area contributed by atoms with Crippen molar-refractivity contribution in [2.75, 3.05) is 26.2 Å². The lowest BCUT2D eigenvalue weighted by Crippen LogP contribution is -2.48. The topological polar surface area (TPSA) is 84.7 Å². The fourth-order valence-electron chi connectivity index (χ4n) is 3.11. The number of rotatable bonds is 7. The van der Waals surface area contributed by atoms with E-state index >= 15 is 0 Å². The number of hydrogen-bond acceptors (Lipinski definition) is 4. The summed E-state index contributed by atoms with van der Waals surface area (Å²) in [5.41, 5.74) is 6.56. The Balaban J connectivity index is 1.92. The van der Waals surface area contributed by atoms with Gasteiger partial charge in [0.2, 0.25) is 5.91 Å². The molecule has 0 saturated carbocycles. The number of nitrogens with zero attached hydrogens (tertiary/aromatic N) is 1. The molecule has 0 bridgehead atoms. The third-order valence-electron chi connectivity index (χ3n) is 4.39. The van der Waals surface area contributed by atoms with Gasteiger partial charge in [0.1, 0.15) is 0 Å². The zero-order valence-corrected chi connectivity index (χ0v) is 14.2. The Morgan fingerprint density at radius 2 is 1.96 bits per heavy atom. The molecular weight excluding hydrogens is 306 g/mol. The van der Waals surface area contributed by atoms with E-state index in [-0.39, 0.29) is 24.0 Å². The Kier molecular flexibility index (Phi) is 7.06. The number of benzene rings is 1. The monoisotopic (exact) mass is 333 g/mol. The summed E-state index contributed by atoms with van der Waals surface area (Å²) in [6.45, 7) is 4.53. The molecule has 3 N–H and O–H groups in total. The number of hydrogen-bond donors (Lipinski definition) is 2. The zero-order valence-electron chi connectivity index (χ0n) is 14.2. The Morgan fingerprint density at radius 1 is 1.29 bits per heavy atom. The van der Waals surface area contributed by atoms with Gasteiger partial charge in [-0.05, 0) is 44.8 Å². The SMILES string of the molecule is CCOC(=O)NC(Cc1ccccc1)CN1CCC(C(N)=O)CC1. The Morgan fingerprint density at radius 3 is 2.54 bits per heavy atom. The molecule has 0 aliphatic carbocycles. The second-order valence-electron chi connectivity index (χ2n) is 6.23. The summed E-state index contributed by atoms with van der Waals surface area (Å²) < 4.78 is 5.02. The molecule has 24 heavy (non-hydrogen) atoms. The fourth-order valence-corrected chi connectivity index (χ4v) is 3.11. The number of likely N-dealkylation sites (tertiary alicyclic amines) is 1. The van der Waals surface area contributed by atoms with E-state index in [9.17, 15) is 9.59 Å². The highest BCUT2D eigenvalue weighted by Crippen LogP contribution is 2.17. The van der Waals surface area contributed by atoms with E-state index in [1.165, 1.54) is 5.56 Å². The lowest BCUT2D eigenvalue weighted by atomic mass is 9.95. The molecule has 1 saturated heterocycles. The zero-order chi connectivity index (χ0) is 17.4. The van der Waals surface area contributed by atoms with Crippen LogP contribution in [0.15, 0.2) is 30.3 Å². The number of carbonyl (C=O) groups is 2. The maximum absolute atomic E-state index is 11.8. The normalized spacial score (nSPS) is 17.2. The van der Waals surface area contributed by atoms with Crippen molar-refractivity contribution < 1.29 is 14.3 Å². The maximum Gasteiger partial charge on any atom is 0.407 e. The Labute approximate surface area is 143 Å². The first kappa shape index (κ1) is 18.3. The van der Waals surface area contributed by atoms with Gasteiger partial charge in [-0.2, -0.15) is 0 Å². The van der Waals surface area contributed by atoms with E-state index in [1.807, 2.05) is 18.2 Å². The lowest BCUT2D eigenvalue weighted by Gasteiger charge is -2.33. The summed E-state index contributed by atoms with van der Waals surface area (Å²) >= 11 is 0. The average molecular weight is 333 g/mol. The molecule has 0 aromatic heterocycles. The first-order valence-corrected chi connectivity index (χ1v) is 8.57. The van der Waals surface area contributed by atoms with Crippen LogP contribution in [0.3, 0.4) is 0 Å². The molecule has 1 unspecified atom stereocenters. The van der Waals surface area contributed by atoms with Gasteiger partial charge in [-0.3, -0.25) is 4.79 Å². The minimum atomic E-state index is -0.384. The molecule has 0 radical (unpaired) electrons. The predicted molar refractivity (Wildman–Crippen MR) is 92.5 cm³/mol. The number of primary amides is 1. The van der Waals surface area contributed by atoms with Gasteiger partial charge < -0.3 is 20.7 Å². The van der Waals surface area contributed by atoms with Crippen LogP contribution in [0.5, 0.6) is 0 Å². The van der Waals surface area contributed by atoms with Crippen molar-refractivity contribution in [3.8, 4) is 0 Å². The van der Waals surface area contributed by atoms with Gasteiger partial charge in [0.15, 0.2) is 0 Å². The van der Waals surface area contributed by atoms with Crippen molar-refractivity contribution in [1.82, 2.24) is 10.2 Å². The van der Waals surface area contributed by atoms with Gasteiger partial charge in [0.25, 0.3) is 0 Å². The minimum Gasteiger partial charge on any atom is -0.450 e. The number of nitrogens with two attached hydrogens (primary N) is 1. The summed E-state index contributed by atoms with van der Waals surface area (Å²) in [4.78, 5) is 25.4. The largest absolute Gasteiger partial charge is 0.450 e. The molecule has 1 fully saturated rings. The molecule has 132 valence electrons. The summed E-state index contributed by atoms with van der Waals surface area (Å²) in [5.74, 6) is -0.230. The quantitative estimate of drug-likeness (QED) is 0.793. The number of ether oxygens (including phenoxy) is 1. The van der Waals surface area contributed by atoms with Gasteiger partial charge in [0.05, 0.1) is 6.61 Å². The summed E-state index contributed by atoms with van der Waals surface area (Å²) in [6.07, 6.45) is 1.93. The van der Waals surface area contributed by atoms with Crippen LogP contribution in [0.2, 0.25) is 0 Å². The summed E-state index contributed by atoms with van der Waals surface area (Å²) in [6, 6.07) is 10.0. The Bertz CT molecular complexity index is 528. The minimum absolute atomic E-state index is 0.0214. The molecule has 1 aliphatic heterocycles. The van der Waals surface area contributed by atoms with Crippen molar-refractivity contribution in [3.63, 3.8) is 0 Å². The van der Waals surface area contributed by atoms with Crippen molar-refractivity contribution in [2.45, 2.75) is 32.2 Å². The summed E-state index contributed by atoms with van der Waals surface area (Å²) in [7, 11) is 0. The van der Waals surface area contributed by atoms with E-state index in [1.54, 1.807) is 6.92 Å². The highest BCUT2D eigenvalue weighted by Gasteiger charge is 2.25. The number of nitrogens with one attached hydrogen (secondary N) is 1. The van der Waals surface area contributed by atoms with Crippen LogP contribution >= 0.6 is 0 Å². The third kappa shape index (κ3) is 5.85. The molecule has 6 nitrogen and oxygen atoms in total. The first-order chi connectivity index (χ1) is 11.6. The number of amides is 2. The number of piperidine rings is 1. The average Bonchev–Trinajstić information content (AvgIpc) is 2.56. The smallest absolute Gasteiger partial charge is 0.407 e. The van der Waals surface area contributed by atoms with Crippen molar-refractivity contribution in [1.29, 1.82) is 0 Å². The first-order valence-electron chi connectivity index (χ1n) is 8.57. The maximum atomic E-state index is 11.8. The standard InChI is InChI=1S/C18H27N3O3/c1-2-24-18(23)20-16(12-14-6-4-3-5-7-14)13-21-10-8-15(9-11-21)17(19)22/h3-7,15-16H,2,8-13H2,1H3,(H2,19,22)(H,20,23). The third-order valence-corrected chi connectivity index (χ3v) is 4.39. The highest BCUT2D eigenvalue weighted by molar-refractivity contribution is 5.76. The molecule has 0 spiro atoms. The van der Waals surface area contributed by atoms with Crippen molar-refractivity contribution in [3.05, 3.63) is 35.9 Å². The number of alkyl carbamates (subject to hydrolysis) is 1. The van der Waals surface area contributed by atoms with Crippen LogP contribution in [0.25, 0.3) is 0 Å². The van der Waals surface area contributed by atoms with E-state index < -0.39 is 0 Å².